The summed E-state index contributed by atoms with van der Waals surface area (Å²) in [5.41, 5.74) is 0.698. The highest BCUT2D eigenvalue weighted by molar-refractivity contribution is 6.03. The maximum absolute atomic E-state index is 12.3. The third kappa shape index (κ3) is 4.18. The zero-order chi connectivity index (χ0) is 16.2. The molecule has 1 amide bonds. The van der Waals surface area contributed by atoms with Gasteiger partial charge in [-0.2, -0.15) is 0 Å². The Balaban J connectivity index is 2.18. The molecule has 6 heteroatoms. The van der Waals surface area contributed by atoms with Gasteiger partial charge in [-0.05, 0) is 39.0 Å². The Kier molecular flexibility index (Phi) is 4.60. The largest absolute Gasteiger partial charge is 0.495 e. The van der Waals surface area contributed by atoms with Crippen molar-refractivity contribution in [1.29, 1.82) is 0 Å². The second-order valence-corrected chi connectivity index (χ2v) is 5.79. The smallest absolute Gasteiger partial charge is 0.274 e. The van der Waals surface area contributed by atoms with E-state index < -0.39 is 0 Å². The van der Waals surface area contributed by atoms with E-state index in [9.17, 15) is 4.79 Å². The van der Waals surface area contributed by atoms with E-state index in [-0.39, 0.29) is 17.1 Å². The summed E-state index contributed by atoms with van der Waals surface area (Å²) in [5, 5.41) is 5.92. The summed E-state index contributed by atoms with van der Waals surface area (Å²) < 4.78 is 5.21. The van der Waals surface area contributed by atoms with Crippen molar-refractivity contribution in [2.45, 2.75) is 26.3 Å². The molecule has 1 aromatic carbocycles. The van der Waals surface area contributed by atoms with Gasteiger partial charge in [-0.3, -0.25) is 4.79 Å². The number of carbonyl (C=O) groups excluding carboxylic acids is 1. The van der Waals surface area contributed by atoms with Crippen molar-refractivity contribution in [3.05, 3.63) is 42.2 Å². The summed E-state index contributed by atoms with van der Waals surface area (Å²) in [6.45, 7) is 5.99. The van der Waals surface area contributed by atoms with E-state index in [1.54, 1.807) is 31.5 Å². The highest BCUT2D eigenvalue weighted by Gasteiger charge is 2.14. The van der Waals surface area contributed by atoms with E-state index in [0.717, 1.165) is 0 Å². The highest BCUT2D eigenvalue weighted by Crippen LogP contribution is 2.23. The Hall–Kier alpha value is -2.63. The number of rotatable bonds is 4. The number of nitrogens with one attached hydrogen (secondary N) is 2. The predicted octanol–water partition coefficient (Wildman–Crippen LogP) is 2.95. The van der Waals surface area contributed by atoms with Crippen molar-refractivity contribution in [2.75, 3.05) is 17.7 Å². The molecule has 0 fully saturated rings. The summed E-state index contributed by atoms with van der Waals surface area (Å²) in [7, 11) is 1.56. The van der Waals surface area contributed by atoms with Crippen LogP contribution in [-0.4, -0.2) is 28.5 Å². The van der Waals surface area contributed by atoms with E-state index in [2.05, 4.69) is 20.6 Å². The summed E-state index contributed by atoms with van der Waals surface area (Å²) in [6, 6.07) is 8.78. The number of methoxy groups -OCH3 is 1. The maximum atomic E-state index is 12.3. The number of nitrogens with zero attached hydrogens (tertiary/aromatic N) is 2. The van der Waals surface area contributed by atoms with E-state index >= 15 is 0 Å². The Bertz CT molecular complexity index is 665. The normalized spacial score (nSPS) is 10.9. The Labute approximate surface area is 129 Å². The molecule has 0 saturated carbocycles. The molecule has 0 bridgehead atoms. The molecule has 6 nitrogen and oxygen atoms in total. The minimum absolute atomic E-state index is 0.183. The molecule has 1 aromatic heterocycles. The standard InChI is InChI=1S/C16H20N4O2/c1-16(2,3)20-15-17-10-9-12(19-15)14(21)18-11-7-5-6-8-13(11)22-4/h5-10H,1-4H3,(H,18,21)(H,17,19,20). The number of aromatic nitrogens is 2. The Morgan fingerprint density at radius 3 is 2.59 bits per heavy atom. The van der Waals surface area contributed by atoms with Crippen molar-refractivity contribution in [1.82, 2.24) is 9.97 Å². The van der Waals surface area contributed by atoms with E-state index in [1.807, 2.05) is 32.9 Å². The number of ether oxygens (including phenoxy) is 1. The number of benzene rings is 1. The van der Waals surface area contributed by atoms with Crippen molar-refractivity contribution >= 4 is 17.5 Å². The summed E-state index contributed by atoms with van der Waals surface area (Å²) in [6.07, 6.45) is 1.55. The van der Waals surface area contributed by atoms with Crippen LogP contribution in [0.4, 0.5) is 11.6 Å². The van der Waals surface area contributed by atoms with Crippen LogP contribution in [0.25, 0.3) is 0 Å². The van der Waals surface area contributed by atoms with Crippen LogP contribution >= 0.6 is 0 Å². The first-order chi connectivity index (χ1) is 10.4. The molecule has 116 valence electrons. The van der Waals surface area contributed by atoms with Gasteiger partial charge in [-0.25, -0.2) is 9.97 Å². The van der Waals surface area contributed by atoms with Crippen LogP contribution in [0.5, 0.6) is 5.75 Å². The van der Waals surface area contributed by atoms with Crippen molar-refractivity contribution < 1.29 is 9.53 Å². The lowest BCUT2D eigenvalue weighted by atomic mass is 10.1. The SMILES string of the molecule is COc1ccccc1NC(=O)c1ccnc(NC(C)(C)C)n1. The second kappa shape index (κ2) is 6.43. The van der Waals surface area contributed by atoms with Gasteiger partial charge in [0.25, 0.3) is 5.91 Å². The van der Waals surface area contributed by atoms with Gasteiger partial charge >= 0.3 is 0 Å². The van der Waals surface area contributed by atoms with E-state index in [4.69, 9.17) is 4.74 Å². The van der Waals surface area contributed by atoms with Crippen LogP contribution in [0.3, 0.4) is 0 Å². The fourth-order valence-electron chi connectivity index (χ4n) is 1.82. The number of amides is 1. The monoisotopic (exact) mass is 300 g/mol. The summed E-state index contributed by atoms with van der Waals surface area (Å²) >= 11 is 0. The van der Waals surface area contributed by atoms with Crippen molar-refractivity contribution in [3.8, 4) is 5.75 Å². The molecule has 1 heterocycles. The van der Waals surface area contributed by atoms with Gasteiger partial charge in [-0.15, -0.1) is 0 Å². The maximum Gasteiger partial charge on any atom is 0.274 e. The lowest BCUT2D eigenvalue weighted by Crippen LogP contribution is -2.28. The third-order valence-corrected chi connectivity index (χ3v) is 2.73. The van der Waals surface area contributed by atoms with Crippen molar-refractivity contribution in [2.24, 2.45) is 0 Å². The first kappa shape index (κ1) is 15.8. The van der Waals surface area contributed by atoms with Crippen LogP contribution in [0.15, 0.2) is 36.5 Å². The minimum atomic E-state index is -0.316. The number of hydrogen-bond donors (Lipinski definition) is 2. The molecule has 0 spiro atoms. The van der Waals surface area contributed by atoms with Gasteiger partial charge in [0.2, 0.25) is 5.95 Å². The van der Waals surface area contributed by atoms with Gasteiger partial charge in [0, 0.05) is 11.7 Å². The Morgan fingerprint density at radius 2 is 1.91 bits per heavy atom. The molecule has 0 atom stereocenters. The first-order valence-electron chi connectivity index (χ1n) is 6.94. The molecule has 0 aliphatic heterocycles. The van der Waals surface area contributed by atoms with Crippen LogP contribution in [0.1, 0.15) is 31.3 Å². The van der Waals surface area contributed by atoms with Gasteiger partial charge in [0.1, 0.15) is 11.4 Å². The topological polar surface area (TPSA) is 76.1 Å². The molecule has 22 heavy (non-hydrogen) atoms. The minimum Gasteiger partial charge on any atom is -0.495 e. The number of carbonyl (C=O) groups is 1. The van der Waals surface area contributed by atoms with Crippen LogP contribution in [0.2, 0.25) is 0 Å². The molecular weight excluding hydrogens is 280 g/mol. The van der Waals surface area contributed by atoms with Gasteiger partial charge in [0.15, 0.2) is 0 Å². The van der Waals surface area contributed by atoms with Crippen LogP contribution in [-0.2, 0) is 0 Å². The fraction of sp³-hybridized carbons (Fsp3) is 0.312. The fourth-order valence-corrected chi connectivity index (χ4v) is 1.82. The average molecular weight is 300 g/mol. The first-order valence-corrected chi connectivity index (χ1v) is 6.94. The van der Waals surface area contributed by atoms with Crippen molar-refractivity contribution in [3.63, 3.8) is 0 Å². The summed E-state index contributed by atoms with van der Waals surface area (Å²) in [5.74, 6) is 0.696. The molecule has 2 rings (SSSR count). The quantitative estimate of drug-likeness (QED) is 0.908. The highest BCUT2D eigenvalue weighted by atomic mass is 16.5. The number of hydrogen-bond acceptors (Lipinski definition) is 5. The molecule has 0 aliphatic rings. The van der Waals surface area contributed by atoms with Gasteiger partial charge in [-0.1, -0.05) is 12.1 Å². The second-order valence-electron chi connectivity index (χ2n) is 5.79. The molecule has 2 N–H and O–H groups in total. The summed E-state index contributed by atoms with van der Waals surface area (Å²) in [4.78, 5) is 20.7. The predicted molar refractivity (Wildman–Crippen MR) is 86.4 cm³/mol. The lowest BCUT2D eigenvalue weighted by molar-refractivity contribution is 0.102. The average Bonchev–Trinajstić information content (AvgIpc) is 2.46. The Morgan fingerprint density at radius 1 is 1.18 bits per heavy atom. The van der Waals surface area contributed by atoms with Gasteiger partial charge < -0.3 is 15.4 Å². The zero-order valence-corrected chi connectivity index (χ0v) is 13.2. The molecule has 0 saturated heterocycles. The van der Waals surface area contributed by atoms with E-state index in [1.165, 1.54) is 0 Å². The molecular formula is C16H20N4O2. The molecule has 0 unspecified atom stereocenters. The van der Waals surface area contributed by atoms with Crippen LogP contribution < -0.4 is 15.4 Å². The zero-order valence-electron chi connectivity index (χ0n) is 13.2. The number of para-hydroxylation sites is 2. The molecule has 2 aromatic rings. The number of anilines is 2. The van der Waals surface area contributed by atoms with Gasteiger partial charge in [0.05, 0.1) is 12.8 Å². The van der Waals surface area contributed by atoms with E-state index in [0.29, 0.717) is 17.4 Å². The lowest BCUT2D eigenvalue weighted by Gasteiger charge is -2.20. The molecule has 0 radical (unpaired) electrons. The molecule has 0 aliphatic carbocycles. The van der Waals surface area contributed by atoms with Crippen LogP contribution in [0, 0.1) is 0 Å². The third-order valence-electron chi connectivity index (χ3n) is 2.73.